The van der Waals surface area contributed by atoms with E-state index in [2.05, 4.69) is 37.5 Å². The van der Waals surface area contributed by atoms with Crippen LogP contribution in [-0.4, -0.2) is 56.5 Å². The summed E-state index contributed by atoms with van der Waals surface area (Å²) in [6.45, 7) is 7.89. The lowest BCUT2D eigenvalue weighted by Crippen LogP contribution is -2.43. The molecule has 8 nitrogen and oxygen atoms in total. The second-order valence-corrected chi connectivity index (χ2v) is 8.80. The van der Waals surface area contributed by atoms with Gasteiger partial charge in [0.05, 0.1) is 18.1 Å². The van der Waals surface area contributed by atoms with Crippen molar-refractivity contribution in [3.05, 3.63) is 53.9 Å². The van der Waals surface area contributed by atoms with Crippen molar-refractivity contribution in [1.29, 1.82) is 0 Å². The second-order valence-electron chi connectivity index (χ2n) is 8.80. The first-order chi connectivity index (χ1) is 15.8. The molecule has 174 valence electrons. The first-order valence-electron chi connectivity index (χ1n) is 11.2. The van der Waals surface area contributed by atoms with Gasteiger partial charge in [-0.15, -0.1) is 0 Å². The van der Waals surface area contributed by atoms with Crippen LogP contribution >= 0.6 is 0 Å². The lowest BCUT2D eigenvalue weighted by Gasteiger charge is -2.29. The fourth-order valence-electron chi connectivity index (χ4n) is 4.14. The zero-order chi connectivity index (χ0) is 23.5. The molecular weight excluding hydrogens is 421 g/mol. The standard InChI is InChI=1S/C24H30FN7O/c1-15(2)32-16(3)26-14-21(32)22-20(25)13-27-24(30-22)29-18-7-5-17(6-8-18)23(33)28-19-9-11-31(4)12-10-19/h5-8,13-15,19H,9-12H2,1-4H3,(H,28,33)(H,27,29,30). The number of nitrogens with one attached hydrogen (secondary N) is 2. The Morgan fingerprint density at radius 2 is 1.82 bits per heavy atom. The van der Waals surface area contributed by atoms with E-state index < -0.39 is 5.82 Å². The number of nitrogens with zero attached hydrogens (tertiary/aromatic N) is 5. The quantitative estimate of drug-likeness (QED) is 0.590. The summed E-state index contributed by atoms with van der Waals surface area (Å²) < 4.78 is 16.5. The van der Waals surface area contributed by atoms with Crippen molar-refractivity contribution in [2.45, 2.75) is 45.7 Å². The molecule has 1 aliphatic heterocycles. The van der Waals surface area contributed by atoms with E-state index in [0.717, 1.165) is 38.0 Å². The summed E-state index contributed by atoms with van der Waals surface area (Å²) in [5.74, 6) is 0.475. The van der Waals surface area contributed by atoms with Gasteiger partial charge in [0.25, 0.3) is 5.91 Å². The van der Waals surface area contributed by atoms with Crippen LogP contribution in [0.25, 0.3) is 11.4 Å². The first kappa shape index (κ1) is 22.8. The lowest BCUT2D eigenvalue weighted by atomic mass is 10.0. The molecule has 0 unspecified atom stereocenters. The van der Waals surface area contributed by atoms with Gasteiger partial charge in [-0.25, -0.2) is 19.3 Å². The fourth-order valence-corrected chi connectivity index (χ4v) is 4.14. The minimum Gasteiger partial charge on any atom is -0.349 e. The number of aryl methyl sites for hydroxylation is 1. The average molecular weight is 452 g/mol. The number of amides is 1. The van der Waals surface area contributed by atoms with Crippen molar-refractivity contribution in [3.63, 3.8) is 0 Å². The van der Waals surface area contributed by atoms with E-state index in [1.54, 1.807) is 30.5 Å². The summed E-state index contributed by atoms with van der Waals surface area (Å²) in [4.78, 5) is 27.6. The fraction of sp³-hybridized carbons (Fsp3) is 0.417. The number of rotatable bonds is 6. The van der Waals surface area contributed by atoms with E-state index >= 15 is 0 Å². The Kier molecular flexibility index (Phi) is 6.69. The van der Waals surface area contributed by atoms with E-state index in [0.29, 0.717) is 16.9 Å². The highest BCUT2D eigenvalue weighted by Gasteiger charge is 2.20. The van der Waals surface area contributed by atoms with Crippen molar-refractivity contribution in [3.8, 4) is 11.4 Å². The largest absolute Gasteiger partial charge is 0.349 e. The van der Waals surface area contributed by atoms with Gasteiger partial charge in [-0.05, 0) is 78.0 Å². The molecule has 2 aromatic heterocycles. The molecule has 2 N–H and O–H groups in total. The Balaban J connectivity index is 1.46. The van der Waals surface area contributed by atoms with Crippen LogP contribution in [0.3, 0.4) is 0 Å². The molecule has 0 radical (unpaired) electrons. The van der Waals surface area contributed by atoms with Crippen LogP contribution in [0, 0.1) is 12.7 Å². The third kappa shape index (κ3) is 5.19. The van der Waals surface area contributed by atoms with Crippen LogP contribution in [0.4, 0.5) is 16.0 Å². The summed E-state index contributed by atoms with van der Waals surface area (Å²) in [5, 5.41) is 6.21. The van der Waals surface area contributed by atoms with E-state index in [1.807, 2.05) is 25.3 Å². The Hall–Kier alpha value is -3.33. The molecule has 3 aromatic rings. The Bertz CT molecular complexity index is 1120. The topological polar surface area (TPSA) is 88.0 Å². The van der Waals surface area contributed by atoms with E-state index in [9.17, 15) is 9.18 Å². The smallest absolute Gasteiger partial charge is 0.251 e. The molecule has 1 aliphatic rings. The maximum atomic E-state index is 14.6. The van der Waals surface area contributed by atoms with Gasteiger partial charge in [0.1, 0.15) is 11.5 Å². The number of likely N-dealkylation sites (tertiary alicyclic amines) is 1. The highest BCUT2D eigenvalue weighted by Crippen LogP contribution is 2.26. The van der Waals surface area contributed by atoms with E-state index in [4.69, 9.17) is 0 Å². The van der Waals surface area contributed by atoms with Crippen LogP contribution < -0.4 is 10.6 Å². The number of carbonyl (C=O) groups excluding carboxylic acids is 1. The number of hydrogen-bond acceptors (Lipinski definition) is 6. The van der Waals surface area contributed by atoms with E-state index in [1.165, 1.54) is 0 Å². The summed E-state index contributed by atoms with van der Waals surface area (Å²) >= 11 is 0. The number of carbonyl (C=O) groups is 1. The number of anilines is 2. The van der Waals surface area contributed by atoms with Gasteiger partial charge in [-0.3, -0.25) is 4.79 Å². The summed E-state index contributed by atoms with van der Waals surface area (Å²) in [6.07, 6.45) is 4.70. The zero-order valence-electron chi connectivity index (χ0n) is 19.5. The molecule has 1 fully saturated rings. The van der Waals surface area contributed by atoms with Gasteiger partial charge in [0.15, 0.2) is 5.82 Å². The number of piperidine rings is 1. The van der Waals surface area contributed by atoms with Gasteiger partial charge >= 0.3 is 0 Å². The molecule has 0 spiro atoms. The highest BCUT2D eigenvalue weighted by atomic mass is 19.1. The average Bonchev–Trinajstić information content (AvgIpc) is 3.18. The summed E-state index contributed by atoms with van der Waals surface area (Å²) in [7, 11) is 2.09. The van der Waals surface area contributed by atoms with Crippen molar-refractivity contribution >= 4 is 17.5 Å². The molecule has 4 rings (SSSR count). The number of halogens is 1. The second kappa shape index (κ2) is 9.66. The lowest BCUT2D eigenvalue weighted by molar-refractivity contribution is 0.0917. The van der Waals surface area contributed by atoms with Crippen molar-refractivity contribution in [2.75, 3.05) is 25.5 Å². The molecule has 1 amide bonds. The SMILES string of the molecule is Cc1ncc(-c2nc(Nc3ccc(C(=O)NC4CCN(C)CC4)cc3)ncc2F)n1C(C)C. The maximum Gasteiger partial charge on any atom is 0.251 e. The molecule has 3 heterocycles. The predicted octanol–water partition coefficient (Wildman–Crippen LogP) is 3.94. The third-order valence-electron chi connectivity index (χ3n) is 5.94. The van der Waals surface area contributed by atoms with E-state index in [-0.39, 0.29) is 29.6 Å². The molecule has 0 bridgehead atoms. The Morgan fingerprint density at radius 1 is 1.12 bits per heavy atom. The first-order valence-corrected chi connectivity index (χ1v) is 11.2. The van der Waals surface area contributed by atoms with Crippen molar-refractivity contribution in [2.24, 2.45) is 0 Å². The highest BCUT2D eigenvalue weighted by molar-refractivity contribution is 5.94. The van der Waals surface area contributed by atoms with Gasteiger partial charge in [-0.1, -0.05) is 0 Å². The van der Waals surface area contributed by atoms with Crippen LogP contribution in [0.2, 0.25) is 0 Å². The molecule has 9 heteroatoms. The van der Waals surface area contributed by atoms with Gasteiger partial charge in [0.2, 0.25) is 5.95 Å². The summed E-state index contributed by atoms with van der Waals surface area (Å²) in [5.41, 5.74) is 2.09. The molecular formula is C24H30FN7O. The predicted molar refractivity (Wildman–Crippen MR) is 126 cm³/mol. The van der Waals surface area contributed by atoms with Crippen molar-refractivity contribution < 1.29 is 9.18 Å². The monoisotopic (exact) mass is 451 g/mol. The number of imidazole rings is 1. The van der Waals surface area contributed by atoms with Crippen LogP contribution in [-0.2, 0) is 0 Å². The van der Waals surface area contributed by atoms with Crippen LogP contribution in [0.15, 0.2) is 36.7 Å². The zero-order valence-corrected chi connectivity index (χ0v) is 19.5. The molecule has 0 atom stereocenters. The Morgan fingerprint density at radius 3 is 2.48 bits per heavy atom. The number of hydrogen-bond donors (Lipinski definition) is 2. The van der Waals surface area contributed by atoms with Crippen LogP contribution in [0.5, 0.6) is 0 Å². The third-order valence-corrected chi connectivity index (χ3v) is 5.94. The summed E-state index contributed by atoms with van der Waals surface area (Å²) in [6, 6.07) is 7.42. The molecule has 0 saturated carbocycles. The maximum absolute atomic E-state index is 14.6. The normalized spacial score (nSPS) is 15.1. The Labute approximate surface area is 193 Å². The van der Waals surface area contributed by atoms with Gasteiger partial charge in [0, 0.05) is 23.3 Å². The minimum absolute atomic E-state index is 0.0752. The number of aromatic nitrogens is 4. The van der Waals surface area contributed by atoms with Crippen LogP contribution in [0.1, 0.15) is 48.9 Å². The van der Waals surface area contributed by atoms with Crippen molar-refractivity contribution in [1.82, 2.24) is 29.7 Å². The molecule has 33 heavy (non-hydrogen) atoms. The van der Waals surface area contributed by atoms with Gasteiger partial charge < -0.3 is 20.1 Å². The molecule has 1 aromatic carbocycles. The number of benzene rings is 1. The van der Waals surface area contributed by atoms with Gasteiger partial charge in [-0.2, -0.15) is 0 Å². The molecule has 1 saturated heterocycles. The molecule has 0 aliphatic carbocycles. The minimum atomic E-state index is -0.511.